The van der Waals surface area contributed by atoms with Gasteiger partial charge < -0.3 is 14.6 Å². The standard InChI is InChI=1S/C27H37NO4/c1-4-5-6-9-25(26(29)30)28-19-8-7-18-27(28,2)32-20-21-10-12-22(13-11-21)23-14-16-24(31-3)17-15-23/h10-17,25H,4-9,18-20H2,1-3H3,(H,29,30). The van der Waals surface area contributed by atoms with Crippen LogP contribution in [0.4, 0.5) is 0 Å². The third kappa shape index (κ3) is 6.11. The van der Waals surface area contributed by atoms with Gasteiger partial charge in [-0.05, 0) is 61.4 Å². The SMILES string of the molecule is CCCCCC(C(=O)O)N1CCCCC1(C)OCc1ccc(-c2ccc(OC)cc2)cc1. The number of aliphatic carboxylic acids is 1. The zero-order valence-corrected chi connectivity index (χ0v) is 19.7. The Bertz CT molecular complexity index is 849. The number of hydrogen-bond acceptors (Lipinski definition) is 4. The predicted molar refractivity (Wildman–Crippen MR) is 128 cm³/mol. The number of carboxylic acid groups (broad SMARTS) is 1. The molecule has 1 saturated heterocycles. The van der Waals surface area contributed by atoms with Crippen LogP contribution in [0.25, 0.3) is 11.1 Å². The number of unbranched alkanes of at least 4 members (excludes halogenated alkanes) is 2. The molecule has 0 aromatic heterocycles. The van der Waals surface area contributed by atoms with Crippen molar-refractivity contribution in [2.45, 2.75) is 77.2 Å². The number of piperidine rings is 1. The number of carboxylic acids is 1. The first-order valence-electron chi connectivity index (χ1n) is 11.8. The van der Waals surface area contributed by atoms with Gasteiger partial charge in [0, 0.05) is 6.54 Å². The molecular weight excluding hydrogens is 402 g/mol. The lowest BCUT2D eigenvalue weighted by atomic mass is 9.95. The van der Waals surface area contributed by atoms with Gasteiger partial charge >= 0.3 is 5.97 Å². The summed E-state index contributed by atoms with van der Waals surface area (Å²) in [6, 6.07) is 15.9. The van der Waals surface area contributed by atoms with Gasteiger partial charge in [-0.1, -0.05) is 62.6 Å². The van der Waals surface area contributed by atoms with Gasteiger partial charge in [-0.25, -0.2) is 0 Å². The first-order chi connectivity index (χ1) is 15.5. The fourth-order valence-electron chi connectivity index (χ4n) is 4.57. The van der Waals surface area contributed by atoms with Crippen LogP contribution >= 0.6 is 0 Å². The molecule has 2 unspecified atom stereocenters. The summed E-state index contributed by atoms with van der Waals surface area (Å²) in [6.45, 7) is 5.45. The van der Waals surface area contributed by atoms with Crippen LogP contribution in [0.2, 0.25) is 0 Å². The highest BCUT2D eigenvalue weighted by atomic mass is 16.5. The monoisotopic (exact) mass is 439 g/mol. The summed E-state index contributed by atoms with van der Waals surface area (Å²) in [5.74, 6) is 0.111. The number of benzene rings is 2. The lowest BCUT2D eigenvalue weighted by Crippen LogP contribution is -2.58. The summed E-state index contributed by atoms with van der Waals surface area (Å²) >= 11 is 0. The van der Waals surface area contributed by atoms with E-state index in [2.05, 4.69) is 55.1 Å². The van der Waals surface area contributed by atoms with Gasteiger partial charge in [0.15, 0.2) is 0 Å². The summed E-state index contributed by atoms with van der Waals surface area (Å²) in [4.78, 5) is 14.2. The normalized spacial score (nSPS) is 20.1. The predicted octanol–water partition coefficient (Wildman–Crippen LogP) is 6.11. The Balaban J connectivity index is 1.66. The lowest BCUT2D eigenvalue weighted by molar-refractivity contribution is -0.196. The van der Waals surface area contributed by atoms with Crippen molar-refractivity contribution in [1.29, 1.82) is 0 Å². The molecule has 0 bridgehead atoms. The Kier molecular flexibility index (Phi) is 8.71. The van der Waals surface area contributed by atoms with E-state index in [0.717, 1.165) is 67.5 Å². The smallest absolute Gasteiger partial charge is 0.321 e. The summed E-state index contributed by atoms with van der Waals surface area (Å²) < 4.78 is 11.7. The fraction of sp³-hybridized carbons (Fsp3) is 0.519. The van der Waals surface area contributed by atoms with E-state index >= 15 is 0 Å². The van der Waals surface area contributed by atoms with Crippen LogP contribution in [0.5, 0.6) is 5.75 Å². The van der Waals surface area contributed by atoms with Crippen molar-refractivity contribution >= 4 is 5.97 Å². The average Bonchev–Trinajstić information content (AvgIpc) is 2.82. The number of carbonyl (C=O) groups is 1. The van der Waals surface area contributed by atoms with Crippen LogP contribution in [0, 0.1) is 0 Å². The molecule has 0 aliphatic carbocycles. The molecule has 5 nitrogen and oxygen atoms in total. The maximum atomic E-state index is 12.1. The number of methoxy groups -OCH3 is 1. The Morgan fingerprint density at radius 1 is 1.06 bits per heavy atom. The molecule has 174 valence electrons. The quantitative estimate of drug-likeness (QED) is 0.428. The molecule has 0 radical (unpaired) electrons. The average molecular weight is 440 g/mol. The first-order valence-corrected chi connectivity index (χ1v) is 11.8. The van der Waals surface area contributed by atoms with Gasteiger partial charge in [-0.15, -0.1) is 0 Å². The molecule has 2 aromatic rings. The molecule has 0 spiro atoms. The summed E-state index contributed by atoms with van der Waals surface area (Å²) in [6.07, 6.45) is 6.71. The van der Waals surface area contributed by atoms with E-state index in [4.69, 9.17) is 9.47 Å². The molecule has 1 heterocycles. The maximum absolute atomic E-state index is 12.1. The van der Waals surface area contributed by atoms with Crippen molar-refractivity contribution in [2.24, 2.45) is 0 Å². The molecule has 32 heavy (non-hydrogen) atoms. The lowest BCUT2D eigenvalue weighted by Gasteiger charge is -2.47. The number of nitrogens with zero attached hydrogens (tertiary/aromatic N) is 1. The van der Waals surface area contributed by atoms with E-state index in [-0.39, 0.29) is 0 Å². The van der Waals surface area contributed by atoms with Gasteiger partial charge in [0.25, 0.3) is 0 Å². The Morgan fingerprint density at radius 3 is 2.31 bits per heavy atom. The van der Waals surface area contributed by atoms with Crippen molar-refractivity contribution < 1.29 is 19.4 Å². The molecule has 2 atom stereocenters. The molecular formula is C27H37NO4. The van der Waals surface area contributed by atoms with E-state index < -0.39 is 17.7 Å². The summed E-state index contributed by atoms with van der Waals surface area (Å²) in [7, 11) is 1.67. The largest absolute Gasteiger partial charge is 0.497 e. The van der Waals surface area contributed by atoms with Crippen LogP contribution < -0.4 is 4.74 Å². The molecule has 1 N–H and O–H groups in total. The molecule has 1 fully saturated rings. The van der Waals surface area contributed by atoms with Crippen molar-refractivity contribution in [3.05, 3.63) is 54.1 Å². The second-order valence-corrected chi connectivity index (χ2v) is 8.89. The van der Waals surface area contributed by atoms with Gasteiger partial charge in [0.2, 0.25) is 0 Å². The van der Waals surface area contributed by atoms with E-state index in [1.807, 2.05) is 12.1 Å². The number of hydrogen-bond donors (Lipinski definition) is 1. The van der Waals surface area contributed by atoms with Crippen LogP contribution in [0.15, 0.2) is 48.5 Å². The van der Waals surface area contributed by atoms with E-state index in [9.17, 15) is 9.90 Å². The van der Waals surface area contributed by atoms with Crippen molar-refractivity contribution in [2.75, 3.05) is 13.7 Å². The maximum Gasteiger partial charge on any atom is 0.321 e. The van der Waals surface area contributed by atoms with E-state index in [0.29, 0.717) is 13.0 Å². The highest BCUT2D eigenvalue weighted by molar-refractivity contribution is 5.73. The molecule has 1 aliphatic heterocycles. The topological polar surface area (TPSA) is 59.0 Å². The van der Waals surface area contributed by atoms with Crippen LogP contribution in [-0.2, 0) is 16.1 Å². The van der Waals surface area contributed by atoms with Gasteiger partial charge in [-0.3, -0.25) is 9.69 Å². The second-order valence-electron chi connectivity index (χ2n) is 8.89. The second kappa shape index (κ2) is 11.5. The van der Waals surface area contributed by atoms with Crippen LogP contribution in [0.1, 0.15) is 64.4 Å². The first kappa shape index (κ1) is 24.3. The van der Waals surface area contributed by atoms with Crippen LogP contribution in [-0.4, -0.2) is 41.4 Å². The molecule has 2 aromatic carbocycles. The molecule has 0 amide bonds. The van der Waals surface area contributed by atoms with E-state index in [1.165, 1.54) is 0 Å². The van der Waals surface area contributed by atoms with Gasteiger partial charge in [0.05, 0.1) is 13.7 Å². The van der Waals surface area contributed by atoms with Gasteiger partial charge in [0.1, 0.15) is 17.5 Å². The number of ether oxygens (including phenoxy) is 2. The minimum Gasteiger partial charge on any atom is -0.497 e. The third-order valence-corrected chi connectivity index (χ3v) is 6.57. The number of likely N-dealkylation sites (tertiary alicyclic amines) is 1. The third-order valence-electron chi connectivity index (χ3n) is 6.57. The fourth-order valence-corrected chi connectivity index (χ4v) is 4.57. The van der Waals surface area contributed by atoms with Gasteiger partial charge in [-0.2, -0.15) is 0 Å². The molecule has 3 rings (SSSR count). The Morgan fingerprint density at radius 2 is 1.72 bits per heavy atom. The highest BCUT2D eigenvalue weighted by Crippen LogP contribution is 2.33. The zero-order chi connectivity index (χ0) is 23.0. The molecule has 0 saturated carbocycles. The highest BCUT2D eigenvalue weighted by Gasteiger charge is 2.41. The Hall–Kier alpha value is -2.37. The Labute approximate surface area is 192 Å². The van der Waals surface area contributed by atoms with Crippen molar-refractivity contribution in [3.8, 4) is 16.9 Å². The van der Waals surface area contributed by atoms with Crippen molar-refractivity contribution in [3.63, 3.8) is 0 Å². The zero-order valence-electron chi connectivity index (χ0n) is 19.7. The molecule has 1 aliphatic rings. The minimum atomic E-state index is -0.735. The summed E-state index contributed by atoms with van der Waals surface area (Å²) in [5, 5.41) is 9.91. The minimum absolute atomic E-state index is 0.469. The van der Waals surface area contributed by atoms with E-state index in [1.54, 1.807) is 7.11 Å². The van der Waals surface area contributed by atoms with Crippen LogP contribution in [0.3, 0.4) is 0 Å². The summed E-state index contributed by atoms with van der Waals surface area (Å²) in [5.41, 5.74) is 2.82. The number of rotatable bonds is 11. The van der Waals surface area contributed by atoms with Crippen molar-refractivity contribution in [1.82, 2.24) is 4.90 Å². The molecule has 5 heteroatoms.